The smallest absolute Gasteiger partial charge is 0.277 e. The van der Waals surface area contributed by atoms with Crippen LogP contribution in [0.5, 0.6) is 5.75 Å². The molecule has 1 aliphatic rings. The van der Waals surface area contributed by atoms with Crippen molar-refractivity contribution in [3.63, 3.8) is 0 Å². The minimum atomic E-state index is -0.184. The minimum Gasteiger partial charge on any atom is -0.496 e. The molecule has 0 bridgehead atoms. The van der Waals surface area contributed by atoms with Crippen molar-refractivity contribution in [3.8, 4) is 17.0 Å². The Hall–Kier alpha value is -3.13. The molecule has 0 saturated carbocycles. The summed E-state index contributed by atoms with van der Waals surface area (Å²) in [6, 6.07) is 9.47. The molecule has 0 atom stereocenters. The Morgan fingerprint density at radius 2 is 1.97 bits per heavy atom. The van der Waals surface area contributed by atoms with Gasteiger partial charge in [-0.15, -0.1) is 0 Å². The van der Waals surface area contributed by atoms with Gasteiger partial charge in [0.25, 0.3) is 5.56 Å². The lowest BCUT2D eigenvalue weighted by atomic mass is 10.1. The van der Waals surface area contributed by atoms with Crippen molar-refractivity contribution in [1.82, 2.24) is 19.1 Å². The van der Waals surface area contributed by atoms with Crippen LogP contribution >= 0.6 is 0 Å². The average molecular weight is 410 g/mol. The molecule has 8 nitrogen and oxygen atoms in total. The number of fused-ring (bicyclic) bond motifs is 1. The standard InChI is InChI=1S/C22H26N4O4/c1-15-16(8-9-21(27)25-10-12-30-13-11-25)22(28)26-20(24(15)2)14-18(23-26)17-6-4-5-7-19(17)29-3/h4-7,14H,8-13H2,1-3H3. The van der Waals surface area contributed by atoms with Crippen molar-refractivity contribution in [3.05, 3.63) is 51.9 Å². The molecule has 1 aliphatic heterocycles. The number of methoxy groups -OCH3 is 1. The van der Waals surface area contributed by atoms with E-state index < -0.39 is 0 Å². The van der Waals surface area contributed by atoms with E-state index in [1.165, 1.54) is 4.52 Å². The monoisotopic (exact) mass is 410 g/mol. The molecule has 1 saturated heterocycles. The van der Waals surface area contributed by atoms with Crippen molar-refractivity contribution in [2.75, 3.05) is 33.4 Å². The highest BCUT2D eigenvalue weighted by Crippen LogP contribution is 2.29. The summed E-state index contributed by atoms with van der Waals surface area (Å²) >= 11 is 0. The van der Waals surface area contributed by atoms with E-state index in [0.717, 1.165) is 11.3 Å². The summed E-state index contributed by atoms with van der Waals surface area (Å²) in [6.07, 6.45) is 0.677. The number of carbonyl (C=O) groups is 1. The zero-order valence-electron chi connectivity index (χ0n) is 17.6. The van der Waals surface area contributed by atoms with Gasteiger partial charge in [-0.05, 0) is 25.5 Å². The third-order valence-corrected chi connectivity index (χ3v) is 5.76. The molecule has 0 N–H and O–H groups in total. The van der Waals surface area contributed by atoms with Crippen LogP contribution in [0, 0.1) is 6.92 Å². The average Bonchev–Trinajstić information content (AvgIpc) is 3.23. The van der Waals surface area contributed by atoms with Crippen molar-refractivity contribution < 1.29 is 14.3 Å². The summed E-state index contributed by atoms with van der Waals surface area (Å²) in [6.45, 7) is 4.26. The van der Waals surface area contributed by atoms with E-state index in [2.05, 4.69) is 5.10 Å². The van der Waals surface area contributed by atoms with Crippen molar-refractivity contribution in [2.45, 2.75) is 19.8 Å². The number of aryl methyl sites for hydroxylation is 1. The summed E-state index contributed by atoms with van der Waals surface area (Å²) < 4.78 is 14.1. The Kier molecular flexibility index (Phi) is 5.59. The molecular weight excluding hydrogens is 384 g/mol. The largest absolute Gasteiger partial charge is 0.496 e. The molecule has 0 unspecified atom stereocenters. The second-order valence-corrected chi connectivity index (χ2v) is 7.42. The lowest BCUT2D eigenvalue weighted by molar-refractivity contribution is -0.135. The van der Waals surface area contributed by atoms with Crippen LogP contribution in [0.3, 0.4) is 0 Å². The van der Waals surface area contributed by atoms with Crippen LogP contribution < -0.4 is 10.3 Å². The van der Waals surface area contributed by atoms with Crippen LogP contribution in [0.2, 0.25) is 0 Å². The summed E-state index contributed by atoms with van der Waals surface area (Å²) in [7, 11) is 3.52. The fourth-order valence-electron chi connectivity index (χ4n) is 3.89. The van der Waals surface area contributed by atoms with E-state index in [0.29, 0.717) is 61.8 Å². The molecule has 0 aliphatic carbocycles. The molecule has 0 spiro atoms. The van der Waals surface area contributed by atoms with Gasteiger partial charge in [0.15, 0.2) is 0 Å². The number of para-hydroxylation sites is 1. The predicted octanol–water partition coefficient (Wildman–Crippen LogP) is 1.81. The first-order valence-electron chi connectivity index (χ1n) is 10.1. The predicted molar refractivity (Wildman–Crippen MR) is 113 cm³/mol. The first-order chi connectivity index (χ1) is 14.5. The van der Waals surface area contributed by atoms with Crippen LogP contribution in [0.25, 0.3) is 16.9 Å². The molecular formula is C22H26N4O4. The maximum absolute atomic E-state index is 13.2. The zero-order valence-corrected chi connectivity index (χ0v) is 17.6. The summed E-state index contributed by atoms with van der Waals surface area (Å²) in [5, 5.41) is 4.56. The SMILES string of the molecule is COc1ccccc1-c1cc2n(C)c(C)c(CCC(=O)N3CCOCC3)c(=O)n2n1. The van der Waals surface area contributed by atoms with Crippen LogP contribution in [-0.2, 0) is 23.0 Å². The van der Waals surface area contributed by atoms with E-state index in [-0.39, 0.29) is 11.5 Å². The number of nitrogens with zero attached hydrogens (tertiary/aromatic N) is 4. The maximum Gasteiger partial charge on any atom is 0.277 e. The summed E-state index contributed by atoms with van der Waals surface area (Å²) in [4.78, 5) is 27.5. The molecule has 3 heterocycles. The quantitative estimate of drug-likeness (QED) is 0.641. The van der Waals surface area contributed by atoms with Gasteiger partial charge in [-0.25, -0.2) is 0 Å². The first kappa shape index (κ1) is 20.2. The van der Waals surface area contributed by atoms with E-state index in [9.17, 15) is 9.59 Å². The van der Waals surface area contributed by atoms with E-state index in [1.807, 2.05) is 48.9 Å². The maximum atomic E-state index is 13.2. The summed E-state index contributed by atoms with van der Waals surface area (Å²) in [5.41, 5.74) is 3.46. The van der Waals surface area contributed by atoms with Gasteiger partial charge in [-0.1, -0.05) is 12.1 Å². The third kappa shape index (κ3) is 3.59. The second-order valence-electron chi connectivity index (χ2n) is 7.42. The Balaban J connectivity index is 1.68. The Morgan fingerprint density at radius 3 is 2.70 bits per heavy atom. The highest BCUT2D eigenvalue weighted by atomic mass is 16.5. The van der Waals surface area contributed by atoms with Crippen molar-refractivity contribution >= 4 is 11.6 Å². The van der Waals surface area contributed by atoms with Crippen LogP contribution in [-0.4, -0.2) is 58.4 Å². The fourth-order valence-corrected chi connectivity index (χ4v) is 3.89. The topological polar surface area (TPSA) is 78.1 Å². The van der Waals surface area contributed by atoms with Gasteiger partial charge < -0.3 is 18.9 Å². The first-order valence-corrected chi connectivity index (χ1v) is 10.1. The van der Waals surface area contributed by atoms with Crippen molar-refractivity contribution in [2.24, 2.45) is 7.05 Å². The Labute approximate surface area is 174 Å². The number of rotatable bonds is 5. The van der Waals surface area contributed by atoms with Gasteiger partial charge in [0.2, 0.25) is 5.91 Å². The van der Waals surface area contributed by atoms with Crippen molar-refractivity contribution in [1.29, 1.82) is 0 Å². The third-order valence-electron chi connectivity index (χ3n) is 5.76. The Bertz CT molecular complexity index is 1140. The van der Waals surface area contributed by atoms with Gasteiger partial charge in [0.1, 0.15) is 11.4 Å². The lowest BCUT2D eigenvalue weighted by Gasteiger charge is -2.27. The number of carbonyl (C=O) groups excluding carboxylic acids is 1. The highest BCUT2D eigenvalue weighted by Gasteiger charge is 2.20. The summed E-state index contributed by atoms with van der Waals surface area (Å²) in [5.74, 6) is 0.749. The number of ether oxygens (including phenoxy) is 2. The van der Waals surface area contributed by atoms with E-state index in [4.69, 9.17) is 9.47 Å². The highest BCUT2D eigenvalue weighted by molar-refractivity contribution is 5.76. The van der Waals surface area contributed by atoms with Gasteiger partial charge in [0.05, 0.1) is 26.0 Å². The molecule has 1 amide bonds. The molecule has 8 heteroatoms. The fraction of sp³-hybridized carbons (Fsp3) is 0.409. The number of hydrogen-bond acceptors (Lipinski definition) is 5. The van der Waals surface area contributed by atoms with Gasteiger partial charge in [-0.3, -0.25) is 9.59 Å². The molecule has 3 aromatic rings. The number of amides is 1. The molecule has 30 heavy (non-hydrogen) atoms. The number of hydrogen-bond donors (Lipinski definition) is 0. The molecule has 158 valence electrons. The normalized spacial score (nSPS) is 14.3. The lowest BCUT2D eigenvalue weighted by Crippen LogP contribution is -2.41. The van der Waals surface area contributed by atoms with Gasteiger partial charge >= 0.3 is 0 Å². The second kappa shape index (κ2) is 8.31. The molecule has 4 rings (SSSR count). The number of morpholine rings is 1. The Morgan fingerprint density at radius 1 is 1.23 bits per heavy atom. The number of aromatic nitrogens is 3. The molecule has 0 radical (unpaired) electrons. The van der Waals surface area contributed by atoms with Gasteiger partial charge in [0, 0.05) is 49.4 Å². The van der Waals surface area contributed by atoms with E-state index >= 15 is 0 Å². The van der Waals surface area contributed by atoms with Crippen LogP contribution in [0.4, 0.5) is 0 Å². The number of benzene rings is 1. The van der Waals surface area contributed by atoms with E-state index in [1.54, 1.807) is 12.0 Å². The van der Waals surface area contributed by atoms with Crippen LogP contribution in [0.15, 0.2) is 35.1 Å². The minimum absolute atomic E-state index is 0.0510. The molecule has 1 aromatic carbocycles. The van der Waals surface area contributed by atoms with Crippen LogP contribution in [0.1, 0.15) is 17.7 Å². The molecule has 2 aromatic heterocycles. The molecule has 1 fully saturated rings. The van der Waals surface area contributed by atoms with Gasteiger partial charge in [-0.2, -0.15) is 9.61 Å². The zero-order chi connectivity index (χ0) is 21.3.